The first-order chi connectivity index (χ1) is 17.1. The van der Waals surface area contributed by atoms with Crippen LogP contribution in [0.1, 0.15) is 41.1 Å². The number of rotatable bonds is 5. The van der Waals surface area contributed by atoms with Gasteiger partial charge in [-0.1, -0.05) is 54.5 Å². The number of hydrogen-bond donors (Lipinski definition) is 1. The lowest BCUT2D eigenvalue weighted by atomic mass is 9.88. The van der Waals surface area contributed by atoms with Gasteiger partial charge in [0.1, 0.15) is 11.9 Å². The molecule has 1 amide bonds. The van der Waals surface area contributed by atoms with Gasteiger partial charge in [0.15, 0.2) is 0 Å². The van der Waals surface area contributed by atoms with E-state index in [1.54, 1.807) is 12.1 Å². The molecule has 0 saturated carbocycles. The van der Waals surface area contributed by atoms with Gasteiger partial charge in [0.2, 0.25) is 0 Å². The van der Waals surface area contributed by atoms with Crippen LogP contribution in [-0.4, -0.2) is 53.5 Å². The Morgan fingerprint density at radius 1 is 0.943 bits per heavy atom. The predicted molar refractivity (Wildman–Crippen MR) is 136 cm³/mol. The van der Waals surface area contributed by atoms with Crippen LogP contribution in [0.15, 0.2) is 66.7 Å². The number of hydrogen-bond acceptors (Lipinski definition) is 3. The molecular formula is C30H31FN2O2. The first-order valence-electron chi connectivity index (χ1n) is 12.5. The van der Waals surface area contributed by atoms with Crippen molar-refractivity contribution >= 4 is 16.7 Å². The zero-order valence-electron chi connectivity index (χ0n) is 19.9. The molecule has 180 valence electrons. The third kappa shape index (κ3) is 5.18. The number of carbonyl (C=O) groups excluding carboxylic acids is 1. The van der Waals surface area contributed by atoms with Crippen molar-refractivity contribution in [1.82, 2.24) is 9.80 Å². The fraction of sp³-hybridized carbons (Fsp3) is 0.367. The summed E-state index contributed by atoms with van der Waals surface area (Å²) in [5.74, 6) is 3.75. The fourth-order valence-electron chi connectivity index (χ4n) is 5.82. The average molecular weight is 471 g/mol. The Morgan fingerprint density at radius 3 is 2.43 bits per heavy atom. The van der Waals surface area contributed by atoms with E-state index in [0.29, 0.717) is 31.3 Å². The molecule has 2 fully saturated rings. The molecule has 0 radical (unpaired) electrons. The van der Waals surface area contributed by atoms with Crippen LogP contribution in [0.2, 0.25) is 0 Å². The van der Waals surface area contributed by atoms with Crippen molar-refractivity contribution in [1.29, 1.82) is 0 Å². The first-order valence-corrected chi connectivity index (χ1v) is 12.5. The Hall–Kier alpha value is -3.36. The van der Waals surface area contributed by atoms with Gasteiger partial charge < -0.3 is 14.9 Å². The monoisotopic (exact) mass is 470 g/mol. The molecule has 2 unspecified atom stereocenters. The van der Waals surface area contributed by atoms with E-state index in [-0.39, 0.29) is 17.6 Å². The summed E-state index contributed by atoms with van der Waals surface area (Å²) in [6.07, 6.45) is 4.75. The third-order valence-electron chi connectivity index (χ3n) is 7.75. The highest BCUT2D eigenvalue weighted by Gasteiger charge is 2.37. The normalized spacial score (nSPS) is 21.1. The minimum absolute atomic E-state index is 0.0706. The second-order valence-electron chi connectivity index (χ2n) is 9.88. The zero-order valence-corrected chi connectivity index (χ0v) is 19.9. The summed E-state index contributed by atoms with van der Waals surface area (Å²) in [4.78, 5) is 18.0. The van der Waals surface area contributed by atoms with Crippen LogP contribution in [0.25, 0.3) is 10.8 Å². The van der Waals surface area contributed by atoms with Gasteiger partial charge in [0.05, 0.1) is 0 Å². The lowest BCUT2D eigenvalue weighted by molar-refractivity contribution is 0.0782. The molecular weight excluding hydrogens is 439 g/mol. The van der Waals surface area contributed by atoms with E-state index in [2.05, 4.69) is 16.9 Å². The van der Waals surface area contributed by atoms with Crippen LogP contribution in [0.3, 0.4) is 0 Å². The van der Waals surface area contributed by atoms with Crippen LogP contribution < -0.4 is 0 Å². The van der Waals surface area contributed by atoms with Crippen molar-refractivity contribution in [2.24, 2.45) is 11.8 Å². The van der Waals surface area contributed by atoms with E-state index >= 15 is 0 Å². The Bertz CT molecular complexity index is 1230. The van der Waals surface area contributed by atoms with Crippen molar-refractivity contribution in [2.75, 3.05) is 32.7 Å². The van der Waals surface area contributed by atoms with Gasteiger partial charge in [-0.25, -0.2) is 4.39 Å². The van der Waals surface area contributed by atoms with Crippen molar-refractivity contribution in [3.63, 3.8) is 0 Å². The van der Waals surface area contributed by atoms with Gasteiger partial charge in [0, 0.05) is 31.6 Å². The summed E-state index contributed by atoms with van der Waals surface area (Å²) >= 11 is 0. The molecule has 2 aliphatic heterocycles. The number of amides is 1. The lowest BCUT2D eigenvalue weighted by Gasteiger charge is -2.34. The number of halogens is 1. The Morgan fingerprint density at radius 2 is 1.66 bits per heavy atom. The summed E-state index contributed by atoms with van der Waals surface area (Å²) in [6.45, 7) is 4.28. The molecule has 3 aromatic rings. The maximum Gasteiger partial charge on any atom is 0.254 e. The SMILES string of the molecule is O=C(c1cccc2ccccc12)N1CC(CC#CO)C(CN2CCC(c3ccc(F)cc3)CC2)C1. The summed E-state index contributed by atoms with van der Waals surface area (Å²) in [5, 5.41) is 11.1. The van der Waals surface area contributed by atoms with Gasteiger partial charge in [-0.3, -0.25) is 4.79 Å². The van der Waals surface area contributed by atoms with Crippen LogP contribution in [0.4, 0.5) is 4.39 Å². The molecule has 4 nitrogen and oxygen atoms in total. The quantitative estimate of drug-likeness (QED) is 0.517. The van der Waals surface area contributed by atoms with E-state index in [0.717, 1.165) is 48.8 Å². The molecule has 2 saturated heterocycles. The largest absolute Gasteiger partial charge is 0.462 e. The molecule has 3 aromatic carbocycles. The van der Waals surface area contributed by atoms with Gasteiger partial charge >= 0.3 is 0 Å². The summed E-state index contributed by atoms with van der Waals surface area (Å²) in [6, 6.07) is 20.8. The second-order valence-corrected chi connectivity index (χ2v) is 9.88. The third-order valence-corrected chi connectivity index (χ3v) is 7.75. The van der Waals surface area contributed by atoms with Gasteiger partial charge in [-0.15, -0.1) is 0 Å². The summed E-state index contributed by atoms with van der Waals surface area (Å²) < 4.78 is 13.3. The highest BCUT2D eigenvalue weighted by molar-refractivity contribution is 6.07. The molecule has 0 bridgehead atoms. The standard InChI is InChI=1S/C30H31FN2O2/c31-27-12-10-22(11-13-27)23-14-16-32(17-15-23)19-26-21-33(20-25(26)7-4-18-34)30(35)29-9-3-6-24-5-1-2-8-28(24)29/h1-3,5-6,8-13,23,25-26,34H,7,14-17,19-21H2. The molecule has 2 aliphatic rings. The number of carbonyl (C=O) groups is 1. The minimum Gasteiger partial charge on any atom is -0.462 e. The Labute approximate surface area is 206 Å². The summed E-state index contributed by atoms with van der Waals surface area (Å²) in [7, 11) is 0. The highest BCUT2D eigenvalue weighted by atomic mass is 19.1. The molecule has 0 aromatic heterocycles. The van der Waals surface area contributed by atoms with E-state index in [1.807, 2.05) is 59.5 Å². The summed E-state index contributed by atoms with van der Waals surface area (Å²) in [5.41, 5.74) is 1.96. The maximum absolute atomic E-state index is 13.5. The van der Waals surface area contributed by atoms with Crippen LogP contribution >= 0.6 is 0 Å². The molecule has 0 aliphatic carbocycles. The van der Waals surface area contributed by atoms with E-state index in [4.69, 9.17) is 5.11 Å². The molecule has 0 spiro atoms. The van der Waals surface area contributed by atoms with E-state index in [1.165, 1.54) is 5.56 Å². The maximum atomic E-state index is 13.5. The van der Waals surface area contributed by atoms with E-state index < -0.39 is 0 Å². The van der Waals surface area contributed by atoms with Gasteiger partial charge in [-0.05, 0) is 78.2 Å². The predicted octanol–water partition coefficient (Wildman–Crippen LogP) is 5.27. The van der Waals surface area contributed by atoms with Crippen LogP contribution in [0.5, 0.6) is 0 Å². The molecule has 2 atom stereocenters. The zero-order chi connectivity index (χ0) is 24.2. The average Bonchev–Trinajstić information content (AvgIpc) is 3.30. The second kappa shape index (κ2) is 10.5. The van der Waals surface area contributed by atoms with Crippen molar-refractivity contribution in [3.05, 3.63) is 83.7 Å². The Balaban J connectivity index is 1.25. The van der Waals surface area contributed by atoms with Crippen molar-refractivity contribution in [2.45, 2.75) is 25.2 Å². The number of likely N-dealkylation sites (tertiary alicyclic amines) is 2. The number of aliphatic hydroxyl groups is 1. The van der Waals surface area contributed by atoms with Crippen LogP contribution in [0, 0.1) is 29.7 Å². The highest BCUT2D eigenvalue weighted by Crippen LogP contribution is 2.33. The molecule has 5 heteroatoms. The smallest absolute Gasteiger partial charge is 0.254 e. The van der Waals surface area contributed by atoms with Gasteiger partial charge in [0.25, 0.3) is 5.91 Å². The number of benzene rings is 3. The first kappa shape index (κ1) is 23.4. The van der Waals surface area contributed by atoms with Crippen LogP contribution in [-0.2, 0) is 0 Å². The molecule has 5 rings (SSSR count). The fourth-order valence-corrected chi connectivity index (χ4v) is 5.82. The van der Waals surface area contributed by atoms with Crippen molar-refractivity contribution in [3.8, 4) is 12.0 Å². The number of fused-ring (bicyclic) bond motifs is 1. The van der Waals surface area contributed by atoms with E-state index in [9.17, 15) is 9.18 Å². The number of aliphatic hydroxyl groups excluding tert-OH is 1. The minimum atomic E-state index is -0.188. The molecule has 1 N–H and O–H groups in total. The Kier molecular flexibility index (Phi) is 7.01. The number of nitrogens with zero attached hydrogens (tertiary/aromatic N) is 2. The molecule has 2 heterocycles. The van der Waals surface area contributed by atoms with Crippen molar-refractivity contribution < 1.29 is 14.3 Å². The van der Waals surface area contributed by atoms with Gasteiger partial charge in [-0.2, -0.15) is 0 Å². The number of piperidine rings is 1. The molecule has 35 heavy (non-hydrogen) atoms. The lowest BCUT2D eigenvalue weighted by Crippen LogP contribution is -2.38. The topological polar surface area (TPSA) is 43.8 Å².